The van der Waals surface area contributed by atoms with Crippen molar-refractivity contribution in [3.05, 3.63) is 28.3 Å². The van der Waals surface area contributed by atoms with Gasteiger partial charge < -0.3 is 9.64 Å². The standard InChI is InChI=1S/C16H22FN3O3/c1-23-16-10-14(2-3-15(16)20(21)22)18-8-5-13(6-9-18)19-7-4-12(17)11-19/h2-3,10,12-13H,4-9,11H2,1H3/t12-/m1/s1. The Hall–Kier alpha value is -1.89. The summed E-state index contributed by atoms with van der Waals surface area (Å²) in [6, 6.07) is 5.45. The topological polar surface area (TPSA) is 58.8 Å². The van der Waals surface area contributed by atoms with Gasteiger partial charge in [0, 0.05) is 50.0 Å². The largest absolute Gasteiger partial charge is 0.490 e. The Bertz CT molecular complexity index is 576. The molecule has 2 aliphatic rings. The Labute approximate surface area is 135 Å². The quantitative estimate of drug-likeness (QED) is 0.630. The predicted molar refractivity (Wildman–Crippen MR) is 86.0 cm³/mol. The van der Waals surface area contributed by atoms with Gasteiger partial charge in [-0.3, -0.25) is 15.0 Å². The molecule has 0 bridgehead atoms. The second-order valence-corrected chi connectivity index (χ2v) is 6.21. The van der Waals surface area contributed by atoms with E-state index in [1.54, 1.807) is 12.1 Å². The Balaban J connectivity index is 1.64. The number of likely N-dealkylation sites (tertiary alicyclic amines) is 1. The minimum absolute atomic E-state index is 0.0165. The van der Waals surface area contributed by atoms with E-state index in [1.807, 2.05) is 0 Å². The highest BCUT2D eigenvalue weighted by molar-refractivity contribution is 5.59. The van der Waals surface area contributed by atoms with E-state index >= 15 is 0 Å². The van der Waals surface area contributed by atoms with Gasteiger partial charge in [-0.25, -0.2) is 4.39 Å². The van der Waals surface area contributed by atoms with Crippen molar-refractivity contribution >= 4 is 11.4 Å². The maximum atomic E-state index is 13.3. The molecule has 23 heavy (non-hydrogen) atoms. The molecule has 7 heteroatoms. The van der Waals surface area contributed by atoms with Crippen LogP contribution in [0.1, 0.15) is 19.3 Å². The molecule has 2 fully saturated rings. The molecule has 0 saturated carbocycles. The van der Waals surface area contributed by atoms with Gasteiger partial charge in [-0.1, -0.05) is 0 Å². The van der Waals surface area contributed by atoms with Gasteiger partial charge in [0.15, 0.2) is 5.75 Å². The molecule has 0 N–H and O–H groups in total. The summed E-state index contributed by atoms with van der Waals surface area (Å²) in [7, 11) is 1.44. The molecule has 2 saturated heterocycles. The molecular weight excluding hydrogens is 301 g/mol. The molecule has 0 aliphatic carbocycles. The van der Waals surface area contributed by atoms with Gasteiger partial charge in [-0.15, -0.1) is 0 Å². The number of ether oxygens (including phenoxy) is 1. The fourth-order valence-electron chi connectivity index (χ4n) is 3.58. The SMILES string of the molecule is COc1cc(N2CCC(N3CC[C@@H](F)C3)CC2)ccc1[N+](=O)[O-]. The smallest absolute Gasteiger partial charge is 0.311 e. The van der Waals surface area contributed by atoms with Crippen LogP contribution in [0.2, 0.25) is 0 Å². The Morgan fingerprint density at radius 2 is 2.00 bits per heavy atom. The summed E-state index contributed by atoms with van der Waals surface area (Å²) in [6.45, 7) is 3.17. The van der Waals surface area contributed by atoms with Gasteiger partial charge in [0.05, 0.1) is 12.0 Å². The molecule has 0 amide bonds. The number of anilines is 1. The number of alkyl halides is 1. The van der Waals surface area contributed by atoms with Crippen molar-refractivity contribution in [3.63, 3.8) is 0 Å². The fourth-order valence-corrected chi connectivity index (χ4v) is 3.58. The van der Waals surface area contributed by atoms with Gasteiger partial charge >= 0.3 is 5.69 Å². The lowest BCUT2D eigenvalue weighted by atomic mass is 10.0. The molecule has 3 rings (SSSR count). The summed E-state index contributed by atoms with van der Waals surface area (Å²) in [4.78, 5) is 15.0. The third-order valence-electron chi connectivity index (χ3n) is 4.87. The third kappa shape index (κ3) is 3.39. The maximum Gasteiger partial charge on any atom is 0.311 e. The van der Waals surface area contributed by atoms with Gasteiger partial charge in [-0.05, 0) is 25.3 Å². The number of hydrogen-bond acceptors (Lipinski definition) is 5. The van der Waals surface area contributed by atoms with Crippen LogP contribution in [-0.2, 0) is 0 Å². The first-order valence-corrected chi connectivity index (χ1v) is 8.04. The fraction of sp³-hybridized carbons (Fsp3) is 0.625. The van der Waals surface area contributed by atoms with E-state index in [2.05, 4.69) is 9.80 Å². The molecule has 0 aromatic heterocycles. The van der Waals surface area contributed by atoms with Crippen LogP contribution in [0.3, 0.4) is 0 Å². The zero-order valence-electron chi connectivity index (χ0n) is 13.3. The first-order chi connectivity index (χ1) is 11.1. The van der Waals surface area contributed by atoms with Crippen LogP contribution in [0.25, 0.3) is 0 Å². The molecule has 1 aromatic rings. The molecule has 2 aliphatic heterocycles. The van der Waals surface area contributed by atoms with Crippen molar-refractivity contribution in [2.75, 3.05) is 38.2 Å². The average molecular weight is 323 g/mol. The maximum absolute atomic E-state index is 13.3. The van der Waals surface area contributed by atoms with Crippen molar-refractivity contribution < 1.29 is 14.1 Å². The average Bonchev–Trinajstić information content (AvgIpc) is 3.00. The minimum atomic E-state index is -0.674. The van der Waals surface area contributed by atoms with E-state index in [0.717, 1.165) is 38.2 Å². The van der Waals surface area contributed by atoms with Crippen molar-refractivity contribution in [3.8, 4) is 5.75 Å². The highest BCUT2D eigenvalue weighted by Gasteiger charge is 2.31. The number of nitro benzene ring substituents is 1. The highest BCUT2D eigenvalue weighted by atomic mass is 19.1. The molecule has 6 nitrogen and oxygen atoms in total. The van der Waals surface area contributed by atoms with E-state index in [0.29, 0.717) is 19.0 Å². The lowest BCUT2D eigenvalue weighted by Gasteiger charge is -2.37. The number of nitro groups is 1. The van der Waals surface area contributed by atoms with Crippen LogP contribution >= 0.6 is 0 Å². The summed E-state index contributed by atoms with van der Waals surface area (Å²) in [5, 5.41) is 11.0. The summed E-state index contributed by atoms with van der Waals surface area (Å²) < 4.78 is 18.5. The Morgan fingerprint density at radius 1 is 1.26 bits per heavy atom. The number of halogens is 1. The van der Waals surface area contributed by atoms with Crippen LogP contribution in [0.5, 0.6) is 5.75 Å². The number of hydrogen-bond donors (Lipinski definition) is 0. The number of nitrogens with zero attached hydrogens (tertiary/aromatic N) is 3. The van der Waals surface area contributed by atoms with E-state index in [4.69, 9.17) is 4.74 Å². The molecule has 0 spiro atoms. The van der Waals surface area contributed by atoms with Crippen molar-refractivity contribution in [1.29, 1.82) is 0 Å². The second kappa shape index (κ2) is 6.70. The molecule has 1 atom stereocenters. The zero-order valence-corrected chi connectivity index (χ0v) is 13.3. The molecular formula is C16H22FN3O3. The highest BCUT2D eigenvalue weighted by Crippen LogP contribution is 2.33. The number of piperidine rings is 1. The summed E-state index contributed by atoms with van der Waals surface area (Å²) >= 11 is 0. The van der Waals surface area contributed by atoms with Crippen molar-refractivity contribution in [2.24, 2.45) is 0 Å². The minimum Gasteiger partial charge on any atom is -0.490 e. The van der Waals surface area contributed by atoms with Crippen LogP contribution < -0.4 is 9.64 Å². The van der Waals surface area contributed by atoms with Gasteiger partial charge in [0.25, 0.3) is 0 Å². The molecule has 0 unspecified atom stereocenters. The van der Waals surface area contributed by atoms with Crippen LogP contribution in [0, 0.1) is 10.1 Å². The first-order valence-electron chi connectivity index (χ1n) is 8.04. The number of benzene rings is 1. The van der Waals surface area contributed by atoms with E-state index in [1.165, 1.54) is 13.2 Å². The number of methoxy groups -OCH3 is 1. The molecule has 2 heterocycles. The predicted octanol–water partition coefficient (Wildman–Crippen LogP) is 2.62. The lowest BCUT2D eigenvalue weighted by molar-refractivity contribution is -0.385. The lowest BCUT2D eigenvalue weighted by Crippen LogP contribution is -2.44. The summed E-state index contributed by atoms with van der Waals surface area (Å²) in [5.74, 6) is 0.287. The normalized spacial score (nSPS) is 23.2. The van der Waals surface area contributed by atoms with Crippen LogP contribution in [-0.4, -0.2) is 55.3 Å². The van der Waals surface area contributed by atoms with Crippen molar-refractivity contribution in [1.82, 2.24) is 4.90 Å². The third-order valence-corrected chi connectivity index (χ3v) is 4.87. The summed E-state index contributed by atoms with van der Waals surface area (Å²) in [5.41, 5.74) is 0.924. The molecule has 126 valence electrons. The molecule has 0 radical (unpaired) electrons. The van der Waals surface area contributed by atoms with Gasteiger partial charge in [0.2, 0.25) is 0 Å². The first kappa shape index (κ1) is 16.0. The zero-order chi connectivity index (χ0) is 16.4. The second-order valence-electron chi connectivity index (χ2n) is 6.21. The molecule has 1 aromatic carbocycles. The Kier molecular flexibility index (Phi) is 4.66. The van der Waals surface area contributed by atoms with E-state index in [-0.39, 0.29) is 11.4 Å². The van der Waals surface area contributed by atoms with Crippen molar-refractivity contribution in [2.45, 2.75) is 31.5 Å². The monoisotopic (exact) mass is 323 g/mol. The van der Waals surface area contributed by atoms with Crippen LogP contribution in [0.4, 0.5) is 15.8 Å². The van der Waals surface area contributed by atoms with E-state index < -0.39 is 11.1 Å². The van der Waals surface area contributed by atoms with Gasteiger partial charge in [-0.2, -0.15) is 0 Å². The summed E-state index contributed by atoms with van der Waals surface area (Å²) in [6.07, 6.45) is 1.96. The van der Waals surface area contributed by atoms with Crippen LogP contribution in [0.15, 0.2) is 18.2 Å². The van der Waals surface area contributed by atoms with E-state index in [9.17, 15) is 14.5 Å². The van der Waals surface area contributed by atoms with Gasteiger partial charge in [0.1, 0.15) is 6.17 Å². The number of rotatable bonds is 4. The Morgan fingerprint density at radius 3 is 2.57 bits per heavy atom.